The Kier molecular flexibility index (Phi) is 9.79. The van der Waals surface area contributed by atoms with Gasteiger partial charge in [-0.05, 0) is 68.7 Å². The topological polar surface area (TPSA) is 161 Å². The van der Waals surface area contributed by atoms with Crippen molar-refractivity contribution in [3.05, 3.63) is 6.33 Å². The van der Waals surface area contributed by atoms with Crippen molar-refractivity contribution in [2.45, 2.75) is 123 Å². The van der Waals surface area contributed by atoms with Crippen LogP contribution in [0.5, 0.6) is 5.88 Å². The number of alkyl halides is 3. The summed E-state index contributed by atoms with van der Waals surface area (Å²) in [4.78, 5) is 40.1. The highest BCUT2D eigenvalue weighted by atomic mass is 32.2. The summed E-state index contributed by atoms with van der Waals surface area (Å²) in [6, 6.07) is 0. The number of rotatable bonds is 6. The zero-order chi connectivity index (χ0) is 34.5. The first kappa shape index (κ1) is 36.2. The molecule has 254 valence electrons. The SMILES string of the molecule is CC[C@H]1OC(n2cnc3c(OC(C)(C)C)nc(N(C(=O)OC(C)(C)C)C(=O)OC(C)(C)C)nc32)[C@H](OS(=O)(=O)C(F)(F)F)[C@@H]1C. The molecular weight excluding hydrogens is 627 g/mol. The van der Waals surface area contributed by atoms with E-state index in [4.69, 9.17) is 23.1 Å². The Labute approximate surface area is 259 Å². The summed E-state index contributed by atoms with van der Waals surface area (Å²) >= 11 is 0. The number of ether oxygens (including phenoxy) is 4. The molecule has 1 aliphatic rings. The van der Waals surface area contributed by atoms with Crippen LogP contribution >= 0.6 is 0 Å². The fraction of sp³-hybridized carbons (Fsp3) is 0.741. The second-order valence-electron chi connectivity index (χ2n) is 13.5. The summed E-state index contributed by atoms with van der Waals surface area (Å²) in [6.07, 6.45) is -4.83. The zero-order valence-corrected chi connectivity index (χ0v) is 27.9. The first-order valence-corrected chi connectivity index (χ1v) is 15.5. The molecule has 1 saturated heterocycles. The summed E-state index contributed by atoms with van der Waals surface area (Å²) in [6.45, 7) is 17.7. The van der Waals surface area contributed by atoms with Crippen LogP contribution in [0.15, 0.2) is 6.33 Å². The molecule has 2 aromatic heterocycles. The number of aromatic nitrogens is 4. The molecule has 4 atom stereocenters. The third-order valence-corrected chi connectivity index (χ3v) is 7.07. The number of carbonyl (C=O) groups excluding carboxylic acids is 2. The monoisotopic (exact) mass is 667 g/mol. The third-order valence-electron chi connectivity index (χ3n) is 6.03. The molecule has 1 aliphatic heterocycles. The molecule has 14 nitrogen and oxygen atoms in total. The van der Waals surface area contributed by atoms with Crippen molar-refractivity contribution in [3.8, 4) is 5.88 Å². The number of hydrogen-bond donors (Lipinski definition) is 0. The van der Waals surface area contributed by atoms with Gasteiger partial charge in [0.25, 0.3) is 0 Å². The smallest absolute Gasteiger partial charge is 0.470 e. The standard InChI is InChI=1S/C27H40F3N5O9S/c1-12-15-14(2)17(44-45(38,39)27(28,29)30)20(40-15)34-13-31-16-18(34)32-21(33-19(16)41-24(3,4)5)35(22(36)42-25(6,7)8)23(37)43-26(9,10)11/h13-15,17,20H,12H2,1-11H3/t14-,15-,17-,20?/m1/s1. The fourth-order valence-electron chi connectivity index (χ4n) is 4.26. The molecule has 0 aliphatic carbocycles. The van der Waals surface area contributed by atoms with Gasteiger partial charge in [0.15, 0.2) is 17.4 Å². The van der Waals surface area contributed by atoms with Gasteiger partial charge in [0.2, 0.25) is 11.8 Å². The van der Waals surface area contributed by atoms with Gasteiger partial charge >= 0.3 is 27.8 Å². The Hall–Kier alpha value is -3.25. The van der Waals surface area contributed by atoms with E-state index >= 15 is 0 Å². The fourth-order valence-corrected chi connectivity index (χ4v) is 4.93. The lowest BCUT2D eigenvalue weighted by molar-refractivity contribution is -0.0673. The second kappa shape index (κ2) is 12.2. The van der Waals surface area contributed by atoms with Crippen LogP contribution < -0.4 is 9.64 Å². The molecule has 0 spiro atoms. The molecule has 0 aromatic carbocycles. The Morgan fingerprint density at radius 2 is 1.49 bits per heavy atom. The molecule has 0 radical (unpaired) electrons. The van der Waals surface area contributed by atoms with Gasteiger partial charge in [-0.25, -0.2) is 14.6 Å². The number of amides is 2. The number of anilines is 1. The third kappa shape index (κ3) is 8.52. The normalized spacial score (nSPS) is 21.6. The number of carbonyl (C=O) groups is 2. The van der Waals surface area contributed by atoms with E-state index in [-0.39, 0.29) is 17.0 Å². The Bertz CT molecular complexity index is 1500. The molecule has 0 N–H and O–H groups in total. The van der Waals surface area contributed by atoms with Crippen molar-refractivity contribution in [1.82, 2.24) is 19.5 Å². The van der Waals surface area contributed by atoms with Crippen LogP contribution in [0.1, 0.15) is 88.8 Å². The van der Waals surface area contributed by atoms with E-state index in [0.717, 1.165) is 10.9 Å². The van der Waals surface area contributed by atoms with Crippen LogP contribution in [0.2, 0.25) is 0 Å². The van der Waals surface area contributed by atoms with Crippen LogP contribution in [0.4, 0.5) is 28.7 Å². The molecule has 3 heterocycles. The molecule has 2 aromatic rings. The molecule has 0 bridgehead atoms. The van der Waals surface area contributed by atoms with Gasteiger partial charge in [-0.2, -0.15) is 31.6 Å². The van der Waals surface area contributed by atoms with E-state index in [2.05, 4.69) is 15.0 Å². The lowest BCUT2D eigenvalue weighted by atomic mass is 9.99. The van der Waals surface area contributed by atoms with Gasteiger partial charge in [0, 0.05) is 5.92 Å². The van der Waals surface area contributed by atoms with E-state index in [1.807, 2.05) is 0 Å². The quantitative estimate of drug-likeness (QED) is 0.267. The van der Waals surface area contributed by atoms with E-state index in [1.54, 1.807) is 69.2 Å². The maximum absolute atomic E-state index is 13.4. The van der Waals surface area contributed by atoms with E-state index in [9.17, 15) is 31.2 Å². The first-order valence-electron chi connectivity index (χ1n) is 14.1. The van der Waals surface area contributed by atoms with Crippen molar-refractivity contribution in [2.75, 3.05) is 4.90 Å². The number of imidazole rings is 1. The highest BCUT2D eigenvalue weighted by Gasteiger charge is 2.54. The highest BCUT2D eigenvalue weighted by molar-refractivity contribution is 7.87. The lowest BCUT2D eigenvalue weighted by Crippen LogP contribution is -2.44. The van der Waals surface area contributed by atoms with Gasteiger partial charge in [-0.15, -0.1) is 4.90 Å². The van der Waals surface area contributed by atoms with E-state index in [0.29, 0.717) is 11.3 Å². The van der Waals surface area contributed by atoms with Gasteiger partial charge in [-0.1, -0.05) is 13.8 Å². The van der Waals surface area contributed by atoms with Crippen molar-refractivity contribution in [2.24, 2.45) is 5.92 Å². The number of nitrogens with zero attached hydrogens (tertiary/aromatic N) is 5. The zero-order valence-electron chi connectivity index (χ0n) is 27.0. The molecule has 1 unspecified atom stereocenters. The van der Waals surface area contributed by atoms with Crippen molar-refractivity contribution in [1.29, 1.82) is 0 Å². The number of halogens is 3. The van der Waals surface area contributed by atoms with Crippen LogP contribution in [0, 0.1) is 5.92 Å². The molecule has 45 heavy (non-hydrogen) atoms. The van der Waals surface area contributed by atoms with E-state index < -0.39 is 74.9 Å². The highest BCUT2D eigenvalue weighted by Crippen LogP contribution is 2.42. The summed E-state index contributed by atoms with van der Waals surface area (Å²) in [5, 5.41) is 0. The van der Waals surface area contributed by atoms with E-state index in [1.165, 1.54) is 6.92 Å². The van der Waals surface area contributed by atoms with Gasteiger partial charge < -0.3 is 18.9 Å². The molecular formula is C27H40F3N5O9S. The molecule has 18 heteroatoms. The predicted octanol–water partition coefficient (Wildman–Crippen LogP) is 5.86. The van der Waals surface area contributed by atoms with Gasteiger partial charge in [0.1, 0.15) is 22.9 Å². The van der Waals surface area contributed by atoms with Crippen LogP contribution in [-0.2, 0) is 28.5 Å². The van der Waals surface area contributed by atoms with Crippen molar-refractivity contribution >= 4 is 39.4 Å². The number of fused-ring (bicyclic) bond motifs is 1. The first-order chi connectivity index (χ1) is 20.2. The van der Waals surface area contributed by atoms with Gasteiger partial charge in [-0.3, -0.25) is 8.75 Å². The van der Waals surface area contributed by atoms with Crippen LogP contribution in [0.3, 0.4) is 0 Å². The average molecular weight is 668 g/mol. The lowest BCUT2D eigenvalue weighted by Gasteiger charge is -2.28. The summed E-state index contributed by atoms with van der Waals surface area (Å²) < 4.78 is 92.9. The maximum Gasteiger partial charge on any atom is 0.523 e. The molecule has 0 saturated carbocycles. The Balaban J connectivity index is 2.29. The minimum absolute atomic E-state index is 0.0318. The van der Waals surface area contributed by atoms with Crippen LogP contribution in [-0.4, -0.2) is 74.6 Å². The minimum Gasteiger partial charge on any atom is -0.470 e. The average Bonchev–Trinajstić information content (AvgIpc) is 3.36. The molecule has 2 amide bonds. The second-order valence-corrected chi connectivity index (χ2v) is 15.0. The number of imide groups is 1. The number of hydrogen-bond acceptors (Lipinski definition) is 12. The largest absolute Gasteiger partial charge is 0.523 e. The Morgan fingerprint density at radius 3 is 1.93 bits per heavy atom. The Morgan fingerprint density at radius 1 is 0.956 bits per heavy atom. The minimum atomic E-state index is -6.04. The summed E-state index contributed by atoms with van der Waals surface area (Å²) in [7, 11) is -6.04. The van der Waals surface area contributed by atoms with Crippen molar-refractivity contribution in [3.63, 3.8) is 0 Å². The predicted molar refractivity (Wildman–Crippen MR) is 154 cm³/mol. The van der Waals surface area contributed by atoms with Crippen LogP contribution in [0.25, 0.3) is 11.2 Å². The summed E-state index contributed by atoms with van der Waals surface area (Å²) in [5.74, 6) is -1.62. The summed E-state index contributed by atoms with van der Waals surface area (Å²) in [5.41, 5.74) is -8.93. The molecule has 1 fully saturated rings. The van der Waals surface area contributed by atoms with Gasteiger partial charge in [0.05, 0.1) is 12.4 Å². The molecule has 3 rings (SSSR count). The van der Waals surface area contributed by atoms with Crippen molar-refractivity contribution < 1.29 is 54.3 Å². The maximum atomic E-state index is 13.4.